The van der Waals surface area contributed by atoms with E-state index in [-0.39, 0.29) is 17.6 Å². The molecule has 7 nitrogen and oxygen atoms in total. The second-order valence-electron chi connectivity index (χ2n) is 7.71. The lowest BCUT2D eigenvalue weighted by atomic mass is 10.1. The smallest absolute Gasteiger partial charge is 0.254 e. The van der Waals surface area contributed by atoms with Crippen molar-refractivity contribution in [3.63, 3.8) is 0 Å². The number of rotatable bonds is 7. The molecule has 3 heterocycles. The van der Waals surface area contributed by atoms with Crippen molar-refractivity contribution in [2.45, 2.75) is 25.2 Å². The first-order valence-electron chi connectivity index (χ1n) is 10.5. The Hall–Kier alpha value is -3.94. The van der Waals surface area contributed by atoms with E-state index < -0.39 is 0 Å². The molecule has 0 bridgehead atoms. The molecule has 0 atom stereocenters. The Morgan fingerprint density at radius 3 is 2.69 bits per heavy atom. The molecule has 3 aromatic heterocycles. The second kappa shape index (κ2) is 8.66. The number of nitrogens with zero attached hydrogens (tertiary/aromatic N) is 5. The van der Waals surface area contributed by atoms with Crippen molar-refractivity contribution in [2.24, 2.45) is 0 Å². The van der Waals surface area contributed by atoms with Gasteiger partial charge in [0.05, 0.1) is 23.1 Å². The highest BCUT2D eigenvalue weighted by molar-refractivity contribution is 5.95. The third-order valence-electron chi connectivity index (χ3n) is 5.45. The molecule has 1 aromatic carbocycles. The number of hydrogen-bond donors (Lipinski definition) is 1. The minimum atomic E-state index is -0.353. The maximum Gasteiger partial charge on any atom is 0.254 e. The van der Waals surface area contributed by atoms with Crippen LogP contribution in [0, 0.1) is 5.82 Å². The number of nitrogens with one attached hydrogen (secondary N) is 1. The first kappa shape index (κ1) is 20.0. The van der Waals surface area contributed by atoms with Crippen molar-refractivity contribution in [3.8, 4) is 17.2 Å². The van der Waals surface area contributed by atoms with Crippen LogP contribution in [0.25, 0.3) is 17.2 Å². The van der Waals surface area contributed by atoms with Gasteiger partial charge in [-0.05, 0) is 55.2 Å². The molecule has 0 saturated heterocycles. The summed E-state index contributed by atoms with van der Waals surface area (Å²) in [6.45, 7) is 0.511. The van der Waals surface area contributed by atoms with Crippen LogP contribution in [0.1, 0.15) is 40.4 Å². The first-order valence-corrected chi connectivity index (χ1v) is 10.5. The first-order chi connectivity index (χ1) is 15.7. The summed E-state index contributed by atoms with van der Waals surface area (Å²) < 4.78 is 15.8. The highest BCUT2D eigenvalue weighted by Crippen LogP contribution is 2.42. The lowest BCUT2D eigenvalue weighted by Crippen LogP contribution is -2.26. The molecule has 8 heteroatoms. The SMILES string of the molecule is O=C(NCCc1ccncc1)c1cnn(-c2nccc(-c3ccccc3F)n2)c1C1CC1. The molecule has 0 radical (unpaired) electrons. The summed E-state index contributed by atoms with van der Waals surface area (Å²) in [5.74, 6) is 0.0365. The number of carbonyl (C=O) groups excluding carboxylic acids is 1. The zero-order valence-electron chi connectivity index (χ0n) is 17.3. The second-order valence-corrected chi connectivity index (χ2v) is 7.71. The van der Waals surface area contributed by atoms with Gasteiger partial charge in [-0.15, -0.1) is 0 Å². The van der Waals surface area contributed by atoms with Crippen molar-refractivity contribution in [3.05, 3.63) is 89.9 Å². The summed E-state index contributed by atoms with van der Waals surface area (Å²) in [7, 11) is 0. The molecule has 1 amide bonds. The molecule has 1 aliphatic carbocycles. The van der Waals surface area contributed by atoms with E-state index in [0.29, 0.717) is 29.3 Å². The summed E-state index contributed by atoms with van der Waals surface area (Å²) in [5, 5.41) is 7.40. The Balaban J connectivity index is 1.40. The number of pyridine rings is 1. The highest BCUT2D eigenvalue weighted by Gasteiger charge is 2.33. The molecule has 32 heavy (non-hydrogen) atoms. The van der Waals surface area contributed by atoms with Gasteiger partial charge >= 0.3 is 0 Å². The number of halogens is 1. The number of carbonyl (C=O) groups is 1. The average molecular weight is 428 g/mol. The van der Waals surface area contributed by atoms with E-state index in [2.05, 4.69) is 25.4 Å². The Labute approximate surface area is 184 Å². The van der Waals surface area contributed by atoms with Gasteiger partial charge in [0.25, 0.3) is 11.9 Å². The normalized spacial score (nSPS) is 13.2. The summed E-state index contributed by atoms with van der Waals surface area (Å²) in [4.78, 5) is 25.8. The third kappa shape index (κ3) is 4.12. The standard InChI is InChI=1S/C24H21FN6O/c25-20-4-2-1-3-18(20)21-10-14-28-24(30-21)31-22(17-5-6-17)19(15-29-31)23(32)27-13-9-16-7-11-26-12-8-16/h1-4,7-8,10-12,14-15,17H,5-6,9,13H2,(H,27,32). The maximum atomic E-state index is 14.2. The topological polar surface area (TPSA) is 85.6 Å². The van der Waals surface area contributed by atoms with E-state index in [4.69, 9.17) is 0 Å². The molecule has 0 spiro atoms. The van der Waals surface area contributed by atoms with E-state index >= 15 is 0 Å². The van der Waals surface area contributed by atoms with Gasteiger partial charge in [-0.3, -0.25) is 9.78 Å². The molecule has 1 fully saturated rings. The van der Waals surface area contributed by atoms with Gasteiger partial charge in [0.2, 0.25) is 0 Å². The van der Waals surface area contributed by atoms with Crippen LogP contribution in [0.2, 0.25) is 0 Å². The quantitative estimate of drug-likeness (QED) is 0.485. The van der Waals surface area contributed by atoms with Crippen LogP contribution in [0.15, 0.2) is 67.3 Å². The lowest BCUT2D eigenvalue weighted by molar-refractivity contribution is 0.0953. The number of amides is 1. The Bertz CT molecular complexity index is 1250. The molecule has 0 unspecified atom stereocenters. The fraction of sp³-hybridized carbons (Fsp3) is 0.208. The Kier molecular flexibility index (Phi) is 5.41. The van der Waals surface area contributed by atoms with Crippen LogP contribution in [0.3, 0.4) is 0 Å². The van der Waals surface area contributed by atoms with Crippen LogP contribution in [-0.4, -0.2) is 37.2 Å². The Morgan fingerprint density at radius 1 is 1.09 bits per heavy atom. The molecule has 5 rings (SSSR count). The zero-order valence-corrected chi connectivity index (χ0v) is 17.3. The van der Waals surface area contributed by atoms with E-state index in [9.17, 15) is 9.18 Å². The molecule has 0 aliphatic heterocycles. The van der Waals surface area contributed by atoms with Crippen LogP contribution in [0.5, 0.6) is 0 Å². The van der Waals surface area contributed by atoms with Gasteiger partial charge in [0.15, 0.2) is 0 Å². The third-order valence-corrected chi connectivity index (χ3v) is 5.45. The molecule has 1 N–H and O–H groups in total. The minimum absolute atomic E-state index is 0.169. The van der Waals surface area contributed by atoms with Crippen LogP contribution in [-0.2, 0) is 6.42 Å². The molecular weight excluding hydrogens is 407 g/mol. The maximum absolute atomic E-state index is 14.2. The predicted octanol–water partition coefficient (Wildman–Crippen LogP) is 3.71. The van der Waals surface area contributed by atoms with E-state index in [1.54, 1.807) is 53.7 Å². The minimum Gasteiger partial charge on any atom is -0.352 e. The van der Waals surface area contributed by atoms with Gasteiger partial charge in [-0.1, -0.05) is 12.1 Å². The lowest BCUT2D eigenvalue weighted by Gasteiger charge is -2.10. The predicted molar refractivity (Wildman–Crippen MR) is 117 cm³/mol. The fourth-order valence-electron chi connectivity index (χ4n) is 3.68. The summed E-state index contributed by atoms with van der Waals surface area (Å²) in [6, 6.07) is 12.0. The van der Waals surface area contributed by atoms with E-state index in [1.165, 1.54) is 6.07 Å². The largest absolute Gasteiger partial charge is 0.352 e. The number of benzene rings is 1. The fourth-order valence-corrected chi connectivity index (χ4v) is 3.68. The summed E-state index contributed by atoms with van der Waals surface area (Å²) in [5.41, 5.74) is 3.30. The molecule has 160 valence electrons. The van der Waals surface area contributed by atoms with Crippen molar-refractivity contribution < 1.29 is 9.18 Å². The molecule has 1 aliphatic rings. The monoisotopic (exact) mass is 428 g/mol. The van der Waals surface area contributed by atoms with Crippen molar-refractivity contribution in [1.82, 2.24) is 30.0 Å². The van der Waals surface area contributed by atoms with Gasteiger partial charge in [-0.2, -0.15) is 5.10 Å². The zero-order chi connectivity index (χ0) is 21.9. The van der Waals surface area contributed by atoms with Crippen LogP contribution in [0.4, 0.5) is 4.39 Å². The molecule has 1 saturated carbocycles. The van der Waals surface area contributed by atoms with Gasteiger partial charge in [-0.25, -0.2) is 19.0 Å². The summed E-state index contributed by atoms with van der Waals surface area (Å²) >= 11 is 0. The van der Waals surface area contributed by atoms with Crippen molar-refractivity contribution in [1.29, 1.82) is 0 Å². The van der Waals surface area contributed by atoms with Gasteiger partial charge in [0, 0.05) is 36.6 Å². The molecule has 4 aromatic rings. The van der Waals surface area contributed by atoms with Crippen LogP contribution >= 0.6 is 0 Å². The average Bonchev–Trinajstić information content (AvgIpc) is 3.57. The van der Waals surface area contributed by atoms with Gasteiger partial charge < -0.3 is 5.32 Å². The Morgan fingerprint density at radius 2 is 1.91 bits per heavy atom. The van der Waals surface area contributed by atoms with E-state index in [1.807, 2.05) is 12.1 Å². The number of aromatic nitrogens is 5. The molecular formula is C24H21FN6O. The van der Waals surface area contributed by atoms with Crippen LogP contribution < -0.4 is 5.32 Å². The highest BCUT2D eigenvalue weighted by atomic mass is 19.1. The number of hydrogen-bond acceptors (Lipinski definition) is 5. The van der Waals surface area contributed by atoms with Crippen molar-refractivity contribution in [2.75, 3.05) is 6.54 Å². The summed E-state index contributed by atoms with van der Waals surface area (Å²) in [6.07, 6.45) is 9.30. The van der Waals surface area contributed by atoms with Gasteiger partial charge in [0.1, 0.15) is 5.82 Å². The van der Waals surface area contributed by atoms with Crippen molar-refractivity contribution >= 4 is 5.91 Å². The van der Waals surface area contributed by atoms with E-state index in [0.717, 1.165) is 30.5 Å².